The summed E-state index contributed by atoms with van der Waals surface area (Å²) < 4.78 is 80.4. The van der Waals surface area contributed by atoms with E-state index >= 15 is 0 Å². The number of alkyl halides is 6. The van der Waals surface area contributed by atoms with Gasteiger partial charge in [-0.3, -0.25) is 14.6 Å². The van der Waals surface area contributed by atoms with Crippen LogP contribution in [0.1, 0.15) is 25.0 Å². The van der Waals surface area contributed by atoms with Crippen molar-refractivity contribution in [3.63, 3.8) is 0 Å². The number of hydrogen-bond acceptors (Lipinski definition) is 6. The van der Waals surface area contributed by atoms with Crippen LogP contribution in [0.25, 0.3) is 0 Å². The van der Waals surface area contributed by atoms with Gasteiger partial charge in [-0.25, -0.2) is 4.79 Å². The summed E-state index contributed by atoms with van der Waals surface area (Å²) in [6, 6.07) is 6.09. The van der Waals surface area contributed by atoms with Crippen LogP contribution in [0, 0.1) is 18.8 Å². The first-order valence-electron chi connectivity index (χ1n) is 13.1. The Hall–Kier alpha value is -2.74. The third-order valence-corrected chi connectivity index (χ3v) is 8.22. The number of carbonyl (C=O) groups is 2. The zero-order chi connectivity index (χ0) is 29.6. The summed E-state index contributed by atoms with van der Waals surface area (Å²) >= 11 is 0. The van der Waals surface area contributed by atoms with Crippen molar-refractivity contribution < 1.29 is 45.8 Å². The number of carboxylic acids is 1. The van der Waals surface area contributed by atoms with Crippen LogP contribution in [-0.4, -0.2) is 108 Å². The van der Waals surface area contributed by atoms with Crippen LogP contribution < -0.4 is 4.90 Å². The lowest BCUT2D eigenvalue weighted by Gasteiger charge is -2.36. The number of aliphatic carboxylic acids is 1. The normalized spacial score (nSPS) is 23.1. The molecule has 0 bridgehead atoms. The summed E-state index contributed by atoms with van der Waals surface area (Å²) in [5.74, 6) is -0.184. The van der Waals surface area contributed by atoms with E-state index in [1.807, 2.05) is 28.9 Å². The van der Waals surface area contributed by atoms with Crippen molar-refractivity contribution in [1.29, 1.82) is 0 Å². The van der Waals surface area contributed by atoms with Gasteiger partial charge in [0, 0.05) is 64.6 Å². The van der Waals surface area contributed by atoms with Crippen LogP contribution in [0.2, 0.25) is 0 Å². The van der Waals surface area contributed by atoms with E-state index in [1.54, 1.807) is 13.8 Å². The monoisotopic (exact) mass is 580 g/mol. The summed E-state index contributed by atoms with van der Waals surface area (Å²) in [4.78, 5) is 31.0. The number of hydrogen-bond donors (Lipinski definition) is 1. The van der Waals surface area contributed by atoms with E-state index in [9.17, 15) is 41.0 Å². The molecule has 0 spiro atoms. The molecule has 8 nitrogen and oxygen atoms in total. The molecule has 4 rings (SSSR count). The van der Waals surface area contributed by atoms with Gasteiger partial charge < -0.3 is 19.6 Å². The average molecular weight is 581 g/mol. The number of halogens is 6. The second-order valence-corrected chi connectivity index (χ2v) is 11.4. The smallest absolute Gasteiger partial charge is 0.434 e. The average Bonchev–Trinajstić information content (AvgIpc) is 3.42. The molecule has 1 aromatic carbocycles. The third-order valence-electron chi connectivity index (χ3n) is 8.22. The minimum absolute atomic E-state index is 0.0640. The van der Waals surface area contributed by atoms with E-state index in [1.165, 1.54) is 0 Å². The number of benzene rings is 1. The maximum absolute atomic E-state index is 12.8. The predicted octanol–water partition coefficient (Wildman–Crippen LogP) is 3.97. The van der Waals surface area contributed by atoms with E-state index in [0.717, 1.165) is 34.8 Å². The molecular formula is C26H34F6N4O4. The summed E-state index contributed by atoms with van der Waals surface area (Å²) in [6.45, 7) is 9.28. The Kier molecular flexibility index (Phi) is 8.25. The molecule has 0 radical (unpaired) electrons. The Bertz CT molecular complexity index is 1080. The molecule has 0 aromatic heterocycles. The van der Waals surface area contributed by atoms with Crippen LogP contribution in [0.3, 0.4) is 0 Å². The second-order valence-electron chi connectivity index (χ2n) is 11.4. The Balaban J connectivity index is 1.36. The molecule has 3 aliphatic heterocycles. The van der Waals surface area contributed by atoms with Gasteiger partial charge in [0.1, 0.15) is 5.54 Å². The lowest BCUT2D eigenvalue weighted by atomic mass is 10.0. The van der Waals surface area contributed by atoms with Crippen molar-refractivity contribution >= 4 is 17.7 Å². The summed E-state index contributed by atoms with van der Waals surface area (Å²) in [7, 11) is 0. The SMILES string of the molecule is Cc1ccc(CN2CCN(C(=O)OC(C(F)(F)F)C(F)(F)F)CC2)c(N2CC3CN(C(C)(C)C(=O)O)CC3C2)c1. The molecule has 1 N–H and O–H groups in total. The van der Waals surface area contributed by atoms with E-state index in [2.05, 4.69) is 15.7 Å². The van der Waals surface area contributed by atoms with Gasteiger partial charge in [-0.05, 0) is 49.8 Å². The number of carbonyl (C=O) groups excluding carboxylic acids is 1. The number of amides is 1. The number of aryl methyl sites for hydroxylation is 1. The van der Waals surface area contributed by atoms with E-state index < -0.39 is 36.1 Å². The molecule has 1 amide bonds. The van der Waals surface area contributed by atoms with E-state index in [-0.39, 0.29) is 26.2 Å². The van der Waals surface area contributed by atoms with Crippen molar-refractivity contribution in [2.24, 2.45) is 11.8 Å². The maximum atomic E-state index is 12.8. The van der Waals surface area contributed by atoms with E-state index in [4.69, 9.17) is 0 Å². The number of anilines is 1. The quantitative estimate of drug-likeness (QED) is 0.511. The summed E-state index contributed by atoms with van der Waals surface area (Å²) in [5.41, 5.74) is 2.22. The zero-order valence-electron chi connectivity index (χ0n) is 22.6. The van der Waals surface area contributed by atoms with Crippen molar-refractivity contribution in [3.8, 4) is 0 Å². The molecular weight excluding hydrogens is 546 g/mol. The molecule has 2 unspecified atom stereocenters. The molecule has 3 fully saturated rings. The highest BCUT2D eigenvalue weighted by Crippen LogP contribution is 2.39. The number of fused-ring (bicyclic) bond motifs is 1. The summed E-state index contributed by atoms with van der Waals surface area (Å²) in [5, 5.41) is 9.59. The topological polar surface area (TPSA) is 76.6 Å². The van der Waals surface area contributed by atoms with Gasteiger partial charge in [-0.15, -0.1) is 0 Å². The van der Waals surface area contributed by atoms with Crippen LogP contribution in [0.4, 0.5) is 36.8 Å². The van der Waals surface area contributed by atoms with Gasteiger partial charge in [-0.1, -0.05) is 12.1 Å². The highest BCUT2D eigenvalue weighted by Gasteiger charge is 2.60. The molecule has 0 aliphatic carbocycles. The van der Waals surface area contributed by atoms with Crippen molar-refractivity contribution in [2.45, 2.75) is 51.3 Å². The predicted molar refractivity (Wildman–Crippen MR) is 133 cm³/mol. The minimum atomic E-state index is -5.75. The fourth-order valence-corrected chi connectivity index (χ4v) is 5.71. The minimum Gasteiger partial charge on any atom is -0.480 e. The Morgan fingerprint density at radius 1 is 0.950 bits per heavy atom. The highest BCUT2D eigenvalue weighted by molar-refractivity contribution is 5.77. The Morgan fingerprint density at radius 3 is 2.00 bits per heavy atom. The first kappa shape index (κ1) is 30.2. The van der Waals surface area contributed by atoms with E-state index in [0.29, 0.717) is 31.5 Å². The Labute approximate surface area is 228 Å². The number of rotatable bonds is 6. The van der Waals surface area contributed by atoms with Crippen LogP contribution in [-0.2, 0) is 16.1 Å². The number of ether oxygens (including phenoxy) is 1. The third kappa shape index (κ3) is 6.42. The van der Waals surface area contributed by atoms with Crippen molar-refractivity contribution in [3.05, 3.63) is 29.3 Å². The largest absolute Gasteiger partial charge is 0.480 e. The molecule has 3 heterocycles. The van der Waals surface area contributed by atoms with Crippen molar-refractivity contribution in [1.82, 2.24) is 14.7 Å². The number of nitrogens with zero attached hydrogens (tertiary/aromatic N) is 4. The van der Waals surface area contributed by atoms with Gasteiger partial charge in [0.15, 0.2) is 0 Å². The van der Waals surface area contributed by atoms with Gasteiger partial charge >= 0.3 is 24.4 Å². The fourth-order valence-electron chi connectivity index (χ4n) is 5.71. The van der Waals surface area contributed by atoms with Crippen LogP contribution in [0.15, 0.2) is 18.2 Å². The second kappa shape index (κ2) is 10.9. The first-order chi connectivity index (χ1) is 18.5. The van der Waals surface area contributed by atoms with Gasteiger partial charge in [0.05, 0.1) is 0 Å². The molecule has 0 saturated carbocycles. The molecule has 14 heteroatoms. The van der Waals surface area contributed by atoms with Crippen LogP contribution in [0.5, 0.6) is 0 Å². The Morgan fingerprint density at radius 2 is 1.50 bits per heavy atom. The number of likely N-dealkylation sites (tertiary alicyclic amines) is 1. The first-order valence-corrected chi connectivity index (χ1v) is 13.1. The molecule has 3 aliphatic rings. The van der Waals surface area contributed by atoms with Gasteiger partial charge in [-0.2, -0.15) is 26.3 Å². The maximum Gasteiger partial charge on any atom is 0.434 e. The van der Waals surface area contributed by atoms with Crippen LogP contribution >= 0.6 is 0 Å². The summed E-state index contributed by atoms with van der Waals surface area (Å²) in [6.07, 6.45) is -17.3. The van der Waals surface area contributed by atoms with Gasteiger partial charge in [0.25, 0.3) is 6.10 Å². The number of piperazine rings is 1. The highest BCUT2D eigenvalue weighted by atomic mass is 19.4. The zero-order valence-corrected chi connectivity index (χ0v) is 22.6. The molecule has 2 atom stereocenters. The standard InChI is InChI=1S/C26H34F6N4O4/c1-16-4-5-17(20(10-16)35-12-18-14-36(15-19(18)13-35)24(2,3)22(37)38)11-33-6-8-34(9-7-33)23(39)40-21(25(27,28)29)26(30,31)32/h4-5,10,18-19,21H,6-9,11-15H2,1-3H3,(H,37,38). The molecule has 3 saturated heterocycles. The molecule has 40 heavy (non-hydrogen) atoms. The number of carboxylic acid groups (broad SMARTS) is 1. The fraction of sp³-hybridized carbons (Fsp3) is 0.692. The molecule has 224 valence electrons. The van der Waals surface area contributed by atoms with Gasteiger partial charge in [0.2, 0.25) is 0 Å². The lowest BCUT2D eigenvalue weighted by molar-refractivity contribution is -0.308. The van der Waals surface area contributed by atoms with Crippen molar-refractivity contribution in [2.75, 3.05) is 57.3 Å². The molecule has 1 aromatic rings. The lowest BCUT2D eigenvalue weighted by Crippen LogP contribution is -2.52.